The predicted octanol–water partition coefficient (Wildman–Crippen LogP) is 2.54. The Morgan fingerprint density at radius 3 is 2.87 bits per heavy atom. The van der Waals surface area contributed by atoms with Gasteiger partial charge in [0.15, 0.2) is 5.96 Å². The fourth-order valence-corrected chi connectivity index (χ4v) is 1.66. The van der Waals surface area contributed by atoms with Gasteiger partial charge in [0.2, 0.25) is 0 Å². The summed E-state index contributed by atoms with van der Waals surface area (Å²) in [5, 5.41) is 5.91. The second-order valence-corrected chi connectivity index (χ2v) is 3.73. The van der Waals surface area contributed by atoms with Crippen LogP contribution in [0.2, 0.25) is 0 Å². The lowest BCUT2D eigenvalue weighted by Gasteiger charge is -2.09. The Morgan fingerprint density at radius 2 is 2.27 bits per heavy atom. The number of hydrogen-bond acceptors (Lipinski definition) is 3. The van der Waals surface area contributed by atoms with Gasteiger partial charge in [-0.15, -0.1) is 17.0 Å². The first kappa shape index (κ1) is 12.4. The van der Waals surface area contributed by atoms with Gasteiger partial charge in [0.1, 0.15) is 5.82 Å². The number of nitrogens with one attached hydrogen (secondary N) is 2. The Balaban J connectivity index is 0.00000112. The smallest absolute Gasteiger partial charge is 0.196 e. The zero-order chi connectivity index (χ0) is 9.97. The number of benzene rings is 1. The summed E-state index contributed by atoms with van der Waals surface area (Å²) in [4.78, 5) is 4.12. The van der Waals surface area contributed by atoms with Crippen LogP contribution < -0.4 is 10.6 Å². The molecule has 0 atom stereocenters. The van der Waals surface area contributed by atoms with Crippen LogP contribution in [0.4, 0.5) is 10.1 Å². The predicted molar refractivity (Wildman–Crippen MR) is 68.3 cm³/mol. The maximum Gasteiger partial charge on any atom is 0.196 e. The SMILES string of the molecule is Br.Fc1cccc(Br)c1NC1=NCCN1. The highest BCUT2D eigenvalue weighted by atomic mass is 79.9. The molecule has 1 aromatic carbocycles. The Kier molecular flexibility index (Phi) is 4.53. The first-order valence-corrected chi connectivity index (χ1v) is 5.06. The molecule has 0 aliphatic carbocycles. The van der Waals surface area contributed by atoms with Crippen LogP contribution in [0.5, 0.6) is 0 Å². The molecule has 1 aliphatic heterocycles. The van der Waals surface area contributed by atoms with E-state index in [1.165, 1.54) is 6.07 Å². The zero-order valence-electron chi connectivity index (χ0n) is 7.76. The van der Waals surface area contributed by atoms with Crippen molar-refractivity contribution in [3.05, 3.63) is 28.5 Å². The van der Waals surface area contributed by atoms with Gasteiger partial charge in [-0.05, 0) is 28.1 Å². The van der Waals surface area contributed by atoms with Crippen molar-refractivity contribution in [3.8, 4) is 0 Å². The number of nitrogens with zero attached hydrogens (tertiary/aromatic N) is 1. The largest absolute Gasteiger partial charge is 0.354 e. The molecule has 0 radical (unpaired) electrons. The van der Waals surface area contributed by atoms with Gasteiger partial charge < -0.3 is 10.6 Å². The molecule has 0 aromatic heterocycles. The number of aliphatic imine (C=N–C) groups is 1. The highest BCUT2D eigenvalue weighted by Gasteiger charge is 2.10. The highest BCUT2D eigenvalue weighted by molar-refractivity contribution is 9.10. The summed E-state index contributed by atoms with van der Waals surface area (Å²) in [5.74, 6) is 0.326. The van der Waals surface area contributed by atoms with Crippen molar-refractivity contribution in [2.24, 2.45) is 4.99 Å². The van der Waals surface area contributed by atoms with Gasteiger partial charge in [0.05, 0.1) is 12.2 Å². The van der Waals surface area contributed by atoms with Crippen LogP contribution in [0.25, 0.3) is 0 Å². The molecule has 0 spiro atoms. The van der Waals surface area contributed by atoms with Crippen molar-refractivity contribution < 1.29 is 4.39 Å². The van der Waals surface area contributed by atoms with Crippen molar-refractivity contribution >= 4 is 44.6 Å². The Bertz CT molecular complexity index is 361. The topological polar surface area (TPSA) is 36.4 Å². The van der Waals surface area contributed by atoms with Crippen LogP contribution in [0.3, 0.4) is 0 Å². The summed E-state index contributed by atoms with van der Waals surface area (Å²) in [7, 11) is 0. The molecule has 15 heavy (non-hydrogen) atoms. The molecule has 2 N–H and O–H groups in total. The summed E-state index contributed by atoms with van der Waals surface area (Å²) >= 11 is 3.27. The maximum atomic E-state index is 13.3. The van der Waals surface area contributed by atoms with E-state index in [-0.39, 0.29) is 22.8 Å². The second kappa shape index (κ2) is 5.46. The molecule has 1 heterocycles. The van der Waals surface area contributed by atoms with Crippen molar-refractivity contribution in [1.82, 2.24) is 5.32 Å². The molecule has 2 rings (SSSR count). The molecule has 0 bridgehead atoms. The first-order chi connectivity index (χ1) is 6.77. The number of halogens is 3. The van der Waals surface area contributed by atoms with E-state index in [4.69, 9.17) is 0 Å². The fraction of sp³-hybridized carbons (Fsp3) is 0.222. The average Bonchev–Trinajstić information content (AvgIpc) is 2.64. The Morgan fingerprint density at radius 1 is 1.47 bits per heavy atom. The van der Waals surface area contributed by atoms with Crippen LogP contribution in [0.1, 0.15) is 0 Å². The summed E-state index contributed by atoms with van der Waals surface area (Å²) in [5.41, 5.74) is 0.417. The second-order valence-electron chi connectivity index (χ2n) is 2.88. The first-order valence-electron chi connectivity index (χ1n) is 4.27. The minimum atomic E-state index is -0.296. The summed E-state index contributed by atoms with van der Waals surface area (Å²) in [6, 6.07) is 4.83. The van der Waals surface area contributed by atoms with Crippen molar-refractivity contribution in [2.75, 3.05) is 18.4 Å². The quantitative estimate of drug-likeness (QED) is 0.825. The number of guanidine groups is 1. The van der Waals surface area contributed by atoms with Gasteiger partial charge in [0, 0.05) is 11.0 Å². The molecule has 6 heteroatoms. The standard InChI is InChI=1S/C9H9BrFN3.BrH/c10-6-2-1-3-7(11)8(6)14-9-12-4-5-13-9;/h1-3H,4-5H2,(H2,12,13,14);1H. The van der Waals surface area contributed by atoms with E-state index in [0.717, 1.165) is 13.1 Å². The maximum absolute atomic E-state index is 13.3. The third-order valence-corrected chi connectivity index (χ3v) is 2.54. The molecular formula is C9H10Br2FN3. The van der Waals surface area contributed by atoms with E-state index >= 15 is 0 Å². The summed E-state index contributed by atoms with van der Waals surface area (Å²) in [6.45, 7) is 1.53. The van der Waals surface area contributed by atoms with Gasteiger partial charge in [-0.1, -0.05) is 6.07 Å². The molecule has 0 unspecified atom stereocenters. The number of rotatable bonds is 1. The molecule has 1 aromatic rings. The van der Waals surface area contributed by atoms with E-state index < -0.39 is 0 Å². The monoisotopic (exact) mass is 337 g/mol. The third kappa shape index (κ3) is 2.92. The lowest BCUT2D eigenvalue weighted by Crippen LogP contribution is -2.26. The Hall–Kier alpha value is -0.620. The molecule has 1 aliphatic rings. The van der Waals surface area contributed by atoms with Crippen LogP contribution >= 0.6 is 32.9 Å². The van der Waals surface area contributed by atoms with E-state index in [2.05, 4.69) is 31.6 Å². The molecular weight excluding hydrogens is 329 g/mol. The molecule has 0 amide bonds. The van der Waals surface area contributed by atoms with E-state index in [9.17, 15) is 4.39 Å². The lowest BCUT2D eigenvalue weighted by atomic mass is 10.3. The van der Waals surface area contributed by atoms with Gasteiger partial charge in [0.25, 0.3) is 0 Å². The van der Waals surface area contributed by atoms with E-state index in [1.807, 2.05) is 0 Å². The number of para-hydroxylation sites is 1. The van der Waals surface area contributed by atoms with Crippen molar-refractivity contribution in [2.45, 2.75) is 0 Å². The van der Waals surface area contributed by atoms with Gasteiger partial charge in [-0.25, -0.2) is 4.39 Å². The van der Waals surface area contributed by atoms with Crippen LogP contribution in [0, 0.1) is 5.82 Å². The normalized spacial score (nSPS) is 13.9. The molecule has 0 fully saturated rings. The number of anilines is 1. The van der Waals surface area contributed by atoms with Gasteiger partial charge in [-0.3, -0.25) is 4.99 Å². The molecule has 0 saturated carbocycles. The minimum Gasteiger partial charge on any atom is -0.354 e. The number of hydrogen-bond donors (Lipinski definition) is 2. The third-order valence-electron chi connectivity index (χ3n) is 1.88. The van der Waals surface area contributed by atoms with Crippen LogP contribution in [0.15, 0.2) is 27.7 Å². The van der Waals surface area contributed by atoms with Crippen LogP contribution in [-0.2, 0) is 0 Å². The van der Waals surface area contributed by atoms with Crippen molar-refractivity contribution in [1.29, 1.82) is 0 Å². The van der Waals surface area contributed by atoms with E-state index in [1.54, 1.807) is 12.1 Å². The molecule has 82 valence electrons. The van der Waals surface area contributed by atoms with Gasteiger partial charge in [-0.2, -0.15) is 0 Å². The summed E-state index contributed by atoms with van der Waals surface area (Å²) in [6.07, 6.45) is 0. The Labute approximate surface area is 106 Å². The minimum absolute atomic E-state index is 0. The lowest BCUT2D eigenvalue weighted by molar-refractivity contribution is 0.631. The molecule has 3 nitrogen and oxygen atoms in total. The highest BCUT2D eigenvalue weighted by Crippen LogP contribution is 2.24. The average molecular weight is 339 g/mol. The zero-order valence-corrected chi connectivity index (χ0v) is 11.1. The fourth-order valence-electron chi connectivity index (χ4n) is 1.22. The molecule has 0 saturated heterocycles. The van der Waals surface area contributed by atoms with Crippen LogP contribution in [-0.4, -0.2) is 19.0 Å². The van der Waals surface area contributed by atoms with Crippen molar-refractivity contribution in [3.63, 3.8) is 0 Å². The van der Waals surface area contributed by atoms with Gasteiger partial charge >= 0.3 is 0 Å². The van der Waals surface area contributed by atoms with E-state index in [0.29, 0.717) is 16.1 Å². The summed E-state index contributed by atoms with van der Waals surface area (Å²) < 4.78 is 14.0.